The smallest absolute Gasteiger partial charge is 0.420 e. The van der Waals surface area contributed by atoms with E-state index in [2.05, 4.69) is 5.32 Å². The van der Waals surface area contributed by atoms with Gasteiger partial charge in [0.25, 0.3) is 0 Å². The van der Waals surface area contributed by atoms with Crippen LogP contribution in [0.3, 0.4) is 0 Å². The highest BCUT2D eigenvalue weighted by atomic mass is 16.8. The summed E-state index contributed by atoms with van der Waals surface area (Å²) < 4.78 is 15.2. The number of hydrogen-bond acceptors (Lipinski definition) is 6. The van der Waals surface area contributed by atoms with Crippen molar-refractivity contribution in [3.05, 3.63) is 0 Å². The lowest BCUT2D eigenvalue weighted by atomic mass is 9.95. The minimum Gasteiger partial charge on any atom is -0.425 e. The molecule has 4 aliphatic rings. The van der Waals surface area contributed by atoms with Crippen LogP contribution in [0.2, 0.25) is 0 Å². The Morgan fingerprint density at radius 2 is 2.21 bits per heavy atom. The van der Waals surface area contributed by atoms with Gasteiger partial charge in [-0.25, -0.2) is 9.59 Å². The molecule has 4 aliphatic heterocycles. The van der Waals surface area contributed by atoms with Gasteiger partial charge in [0.15, 0.2) is 0 Å². The van der Waals surface area contributed by atoms with Crippen LogP contribution in [-0.2, 0) is 23.8 Å². The molecule has 0 aromatic heterocycles. The van der Waals surface area contributed by atoms with Crippen molar-refractivity contribution in [3.63, 3.8) is 0 Å². The van der Waals surface area contributed by atoms with Gasteiger partial charge in [0.2, 0.25) is 12.1 Å². The molecule has 4 saturated heterocycles. The fraction of sp³-hybridized carbons (Fsp3) is 0.750. The zero-order valence-electron chi connectivity index (χ0n) is 7.32. The molecule has 1 N–H and O–H groups in total. The second kappa shape index (κ2) is 2.46. The molecule has 0 amide bonds. The Hall–Kier alpha value is -1.14. The molecule has 6 heteroatoms. The van der Waals surface area contributed by atoms with E-state index in [1.54, 1.807) is 0 Å². The maximum absolute atomic E-state index is 11.1. The fourth-order valence-electron chi connectivity index (χ4n) is 2.06. The van der Waals surface area contributed by atoms with E-state index >= 15 is 0 Å². The lowest BCUT2D eigenvalue weighted by Crippen LogP contribution is -2.64. The highest BCUT2D eigenvalue weighted by Crippen LogP contribution is 2.36. The second-order valence-corrected chi connectivity index (χ2v) is 3.72. The molecule has 0 radical (unpaired) electrons. The lowest BCUT2D eigenvalue weighted by molar-refractivity contribution is -0.319. The van der Waals surface area contributed by atoms with Gasteiger partial charge in [0.05, 0.1) is 12.6 Å². The van der Waals surface area contributed by atoms with Crippen molar-refractivity contribution in [2.24, 2.45) is 0 Å². The predicted octanol–water partition coefficient (Wildman–Crippen LogP) is -1.11. The molecule has 3 bridgehead atoms. The first-order valence-corrected chi connectivity index (χ1v) is 4.54. The predicted molar refractivity (Wildman–Crippen MR) is 40.8 cm³/mol. The number of morpholine rings is 1. The van der Waals surface area contributed by atoms with E-state index in [-0.39, 0.29) is 6.04 Å². The normalized spacial score (nSPS) is 45.4. The van der Waals surface area contributed by atoms with Crippen LogP contribution in [0.15, 0.2) is 0 Å². The molecule has 0 aromatic rings. The van der Waals surface area contributed by atoms with Gasteiger partial charge >= 0.3 is 11.9 Å². The Morgan fingerprint density at radius 1 is 1.36 bits per heavy atom. The van der Waals surface area contributed by atoms with Crippen LogP contribution in [0, 0.1) is 0 Å². The van der Waals surface area contributed by atoms with Crippen molar-refractivity contribution in [3.8, 4) is 0 Å². The largest absolute Gasteiger partial charge is 0.425 e. The quantitative estimate of drug-likeness (QED) is 0.394. The van der Waals surface area contributed by atoms with Gasteiger partial charge in [-0.2, -0.15) is 0 Å². The van der Waals surface area contributed by atoms with Crippen LogP contribution in [-0.4, -0.2) is 36.6 Å². The van der Waals surface area contributed by atoms with Crippen LogP contribution in [0.5, 0.6) is 0 Å². The Bertz CT molecular complexity index is 307. The van der Waals surface area contributed by atoms with E-state index in [0.717, 1.165) is 6.42 Å². The van der Waals surface area contributed by atoms with E-state index in [1.807, 2.05) is 0 Å². The molecule has 0 saturated carbocycles. The topological polar surface area (TPSA) is 73.9 Å². The number of hydrogen-bond donors (Lipinski definition) is 1. The summed E-state index contributed by atoms with van der Waals surface area (Å²) in [6.07, 6.45) is 0.714. The average Bonchev–Trinajstić information content (AvgIpc) is 2.23. The van der Waals surface area contributed by atoms with E-state index < -0.39 is 24.0 Å². The van der Waals surface area contributed by atoms with Crippen LogP contribution < -0.4 is 5.32 Å². The second-order valence-electron chi connectivity index (χ2n) is 3.72. The van der Waals surface area contributed by atoms with Crippen molar-refractivity contribution in [1.29, 1.82) is 0 Å². The third-order valence-corrected chi connectivity index (χ3v) is 2.80. The van der Waals surface area contributed by atoms with E-state index in [4.69, 9.17) is 14.2 Å². The molecule has 0 aliphatic carbocycles. The monoisotopic (exact) mass is 199 g/mol. The minimum atomic E-state index is -0.983. The van der Waals surface area contributed by atoms with Crippen LogP contribution in [0.4, 0.5) is 0 Å². The SMILES string of the molecule is O=C1O[C@@H]2O[C@]3(CC[C@@H]2NC3)OC1=O. The number of ether oxygens (including phenoxy) is 3. The Morgan fingerprint density at radius 3 is 2.93 bits per heavy atom. The van der Waals surface area contributed by atoms with E-state index in [9.17, 15) is 9.59 Å². The number of carbonyl (C=O) groups excluding carboxylic acids is 2. The summed E-state index contributed by atoms with van der Waals surface area (Å²) in [5, 5.41) is 3.11. The van der Waals surface area contributed by atoms with Gasteiger partial charge < -0.3 is 14.8 Å². The van der Waals surface area contributed by atoms with Crippen LogP contribution in [0.1, 0.15) is 12.8 Å². The number of carbonyl (C=O) groups is 2. The third kappa shape index (κ3) is 0.978. The average molecular weight is 199 g/mol. The van der Waals surface area contributed by atoms with Gasteiger partial charge in [-0.3, -0.25) is 4.74 Å². The molecule has 14 heavy (non-hydrogen) atoms. The summed E-state index contributed by atoms with van der Waals surface area (Å²) in [6, 6.07) is -0.0182. The molecule has 4 heterocycles. The third-order valence-electron chi connectivity index (χ3n) is 2.80. The van der Waals surface area contributed by atoms with Crippen molar-refractivity contribution >= 4 is 11.9 Å². The summed E-state index contributed by atoms with van der Waals surface area (Å²) in [4.78, 5) is 22.2. The number of nitrogens with one attached hydrogen (secondary N) is 1. The molecule has 3 atom stereocenters. The summed E-state index contributed by atoms with van der Waals surface area (Å²) in [5.41, 5.74) is 0. The van der Waals surface area contributed by atoms with Gasteiger partial charge in [0.1, 0.15) is 0 Å². The highest BCUT2D eigenvalue weighted by Gasteiger charge is 2.54. The van der Waals surface area contributed by atoms with Gasteiger partial charge in [-0.05, 0) is 6.42 Å². The van der Waals surface area contributed by atoms with Crippen molar-refractivity contribution in [1.82, 2.24) is 5.32 Å². The first-order valence-electron chi connectivity index (χ1n) is 4.54. The number of esters is 2. The molecule has 76 valence electrons. The molecule has 0 aromatic carbocycles. The lowest BCUT2D eigenvalue weighted by Gasteiger charge is -2.46. The van der Waals surface area contributed by atoms with Crippen molar-refractivity contribution in [2.75, 3.05) is 6.54 Å². The van der Waals surface area contributed by atoms with Gasteiger partial charge in [0, 0.05) is 6.42 Å². The molecule has 4 fully saturated rings. The van der Waals surface area contributed by atoms with E-state index in [0.29, 0.717) is 13.0 Å². The van der Waals surface area contributed by atoms with Crippen LogP contribution in [0.25, 0.3) is 0 Å². The van der Waals surface area contributed by atoms with Gasteiger partial charge in [-0.15, -0.1) is 0 Å². The molecule has 6 nitrogen and oxygen atoms in total. The minimum absolute atomic E-state index is 0.0182. The summed E-state index contributed by atoms with van der Waals surface area (Å²) >= 11 is 0. The molecular formula is C8H9NO5. The summed E-state index contributed by atoms with van der Waals surface area (Å²) in [7, 11) is 0. The van der Waals surface area contributed by atoms with Crippen molar-refractivity contribution in [2.45, 2.75) is 31.0 Å². The highest BCUT2D eigenvalue weighted by molar-refractivity contribution is 6.29. The maximum atomic E-state index is 11.1. The Labute approximate surface area is 79.5 Å². The molecule has 1 spiro atoms. The Kier molecular flexibility index (Phi) is 1.44. The maximum Gasteiger partial charge on any atom is 0.420 e. The summed E-state index contributed by atoms with van der Waals surface area (Å²) in [6.45, 7) is 0.427. The first-order chi connectivity index (χ1) is 6.69. The number of rotatable bonds is 0. The summed E-state index contributed by atoms with van der Waals surface area (Å²) in [5.74, 6) is -2.91. The zero-order valence-corrected chi connectivity index (χ0v) is 7.32. The zero-order chi connectivity index (χ0) is 9.76. The number of fused-ring (bicyclic) bond motifs is 2. The molecule has 4 rings (SSSR count). The van der Waals surface area contributed by atoms with Crippen LogP contribution >= 0.6 is 0 Å². The Balaban J connectivity index is 1.99. The fourth-order valence-corrected chi connectivity index (χ4v) is 2.06. The molecular weight excluding hydrogens is 190 g/mol. The first kappa shape index (κ1) is 8.19. The van der Waals surface area contributed by atoms with Gasteiger partial charge in [-0.1, -0.05) is 0 Å². The van der Waals surface area contributed by atoms with Crippen molar-refractivity contribution < 1.29 is 23.8 Å². The molecule has 0 unspecified atom stereocenters. The number of piperidine rings is 1. The standard InChI is InChI=1S/C8H9NO5/c10-5-6(11)13-8-2-1-4(9-3-8)7(12-5)14-8/h4,7,9H,1-3H2/t4-,7+,8-/m0/s1. The van der Waals surface area contributed by atoms with E-state index in [1.165, 1.54) is 0 Å².